The number of aliphatic hydroxyl groups is 1. The third-order valence-corrected chi connectivity index (χ3v) is 3.74. The first-order chi connectivity index (χ1) is 5.52. The quantitative estimate of drug-likeness (QED) is 0.878. The molecule has 0 radical (unpaired) electrons. The molecular formula is C6H4BrClF2OS. The molecule has 12 heavy (non-hydrogen) atoms. The van der Waals surface area contributed by atoms with E-state index in [1.54, 1.807) is 0 Å². The second kappa shape index (κ2) is 4.00. The van der Waals surface area contributed by atoms with E-state index in [-0.39, 0.29) is 4.88 Å². The molecule has 0 aliphatic heterocycles. The van der Waals surface area contributed by atoms with E-state index in [9.17, 15) is 8.78 Å². The number of halogens is 4. The van der Waals surface area contributed by atoms with Crippen molar-refractivity contribution in [3.05, 3.63) is 19.8 Å². The molecular weight excluding hydrogens is 273 g/mol. The van der Waals surface area contributed by atoms with Crippen LogP contribution in [-0.2, 0) is 0 Å². The molecule has 6 heteroatoms. The SMILES string of the molecule is OC(c1cc(Br)c(Cl)s1)C(F)F. The van der Waals surface area contributed by atoms with Crippen LogP contribution in [0, 0.1) is 0 Å². The summed E-state index contributed by atoms with van der Waals surface area (Å²) >= 11 is 9.59. The van der Waals surface area contributed by atoms with Gasteiger partial charge in [-0.25, -0.2) is 8.78 Å². The molecule has 1 aromatic heterocycles. The van der Waals surface area contributed by atoms with E-state index in [2.05, 4.69) is 15.9 Å². The normalized spacial score (nSPS) is 13.8. The lowest BCUT2D eigenvalue weighted by molar-refractivity contribution is -0.00371. The highest BCUT2D eigenvalue weighted by Gasteiger charge is 2.21. The largest absolute Gasteiger partial charge is 0.382 e. The van der Waals surface area contributed by atoms with Crippen molar-refractivity contribution < 1.29 is 13.9 Å². The molecule has 1 aromatic rings. The predicted octanol–water partition coefficient (Wildman–Crippen LogP) is 3.46. The first kappa shape index (κ1) is 10.4. The van der Waals surface area contributed by atoms with Gasteiger partial charge in [-0.3, -0.25) is 0 Å². The lowest BCUT2D eigenvalue weighted by Gasteiger charge is -2.04. The van der Waals surface area contributed by atoms with E-state index in [0.717, 1.165) is 11.3 Å². The number of thiophene rings is 1. The fourth-order valence-electron chi connectivity index (χ4n) is 0.633. The molecule has 0 amide bonds. The minimum atomic E-state index is -2.77. The summed E-state index contributed by atoms with van der Waals surface area (Å²) in [4.78, 5) is 0.168. The van der Waals surface area contributed by atoms with Crippen LogP contribution in [-0.4, -0.2) is 11.5 Å². The molecule has 1 unspecified atom stereocenters. The number of aliphatic hydroxyl groups excluding tert-OH is 1. The van der Waals surface area contributed by atoms with Crippen LogP contribution in [0.25, 0.3) is 0 Å². The Hall–Kier alpha value is 0.290. The smallest absolute Gasteiger partial charge is 0.269 e. The zero-order valence-electron chi connectivity index (χ0n) is 5.60. The Morgan fingerprint density at radius 1 is 1.58 bits per heavy atom. The zero-order valence-corrected chi connectivity index (χ0v) is 8.76. The van der Waals surface area contributed by atoms with Crippen molar-refractivity contribution in [1.82, 2.24) is 0 Å². The van der Waals surface area contributed by atoms with Crippen LogP contribution in [0.1, 0.15) is 11.0 Å². The van der Waals surface area contributed by atoms with E-state index in [1.165, 1.54) is 6.07 Å². The minimum Gasteiger partial charge on any atom is -0.382 e. The highest BCUT2D eigenvalue weighted by Crippen LogP contribution is 2.36. The van der Waals surface area contributed by atoms with Gasteiger partial charge in [0.25, 0.3) is 6.43 Å². The van der Waals surface area contributed by atoms with Crippen molar-refractivity contribution in [1.29, 1.82) is 0 Å². The Kier molecular flexibility index (Phi) is 3.46. The number of alkyl halides is 2. The summed E-state index contributed by atoms with van der Waals surface area (Å²) in [6.07, 6.45) is -4.51. The van der Waals surface area contributed by atoms with Crippen LogP contribution in [0.2, 0.25) is 4.34 Å². The molecule has 0 saturated carbocycles. The summed E-state index contributed by atoms with van der Waals surface area (Å²) in [5, 5.41) is 8.92. The summed E-state index contributed by atoms with van der Waals surface area (Å²) < 4.78 is 24.8. The molecule has 0 bridgehead atoms. The minimum absolute atomic E-state index is 0.168. The van der Waals surface area contributed by atoms with Crippen molar-refractivity contribution in [3.8, 4) is 0 Å². The van der Waals surface area contributed by atoms with E-state index in [4.69, 9.17) is 16.7 Å². The monoisotopic (exact) mass is 276 g/mol. The van der Waals surface area contributed by atoms with Crippen LogP contribution < -0.4 is 0 Å². The fourth-order valence-corrected chi connectivity index (χ4v) is 2.36. The number of hydrogen-bond acceptors (Lipinski definition) is 2. The molecule has 0 fully saturated rings. The fraction of sp³-hybridized carbons (Fsp3) is 0.333. The topological polar surface area (TPSA) is 20.2 Å². The van der Waals surface area contributed by atoms with E-state index in [0.29, 0.717) is 8.81 Å². The highest BCUT2D eigenvalue weighted by molar-refractivity contribution is 9.10. The van der Waals surface area contributed by atoms with Gasteiger partial charge in [0.05, 0.1) is 0 Å². The van der Waals surface area contributed by atoms with Crippen molar-refractivity contribution in [2.24, 2.45) is 0 Å². The Balaban J connectivity index is 2.89. The van der Waals surface area contributed by atoms with Gasteiger partial charge in [0.15, 0.2) is 0 Å². The van der Waals surface area contributed by atoms with E-state index < -0.39 is 12.5 Å². The predicted molar refractivity (Wildman–Crippen MR) is 48.0 cm³/mol. The van der Waals surface area contributed by atoms with E-state index in [1.807, 2.05) is 0 Å². The van der Waals surface area contributed by atoms with Gasteiger partial charge < -0.3 is 5.11 Å². The Morgan fingerprint density at radius 3 is 2.50 bits per heavy atom. The number of hydrogen-bond donors (Lipinski definition) is 1. The highest BCUT2D eigenvalue weighted by atomic mass is 79.9. The van der Waals surface area contributed by atoms with Gasteiger partial charge in [-0.05, 0) is 22.0 Å². The maximum atomic E-state index is 12.0. The van der Waals surface area contributed by atoms with Gasteiger partial charge in [-0.1, -0.05) is 11.6 Å². The van der Waals surface area contributed by atoms with Gasteiger partial charge in [0, 0.05) is 9.35 Å². The number of rotatable bonds is 2. The Morgan fingerprint density at radius 2 is 2.17 bits per heavy atom. The third-order valence-electron chi connectivity index (χ3n) is 1.19. The second-order valence-corrected chi connectivity index (χ2v) is 4.59. The molecule has 0 aliphatic carbocycles. The summed E-state index contributed by atoms with van der Waals surface area (Å²) in [6, 6.07) is 1.39. The van der Waals surface area contributed by atoms with Gasteiger partial charge in [0.1, 0.15) is 10.4 Å². The van der Waals surface area contributed by atoms with Crippen LogP contribution in [0.3, 0.4) is 0 Å². The maximum Gasteiger partial charge on any atom is 0.269 e. The zero-order chi connectivity index (χ0) is 9.30. The van der Waals surface area contributed by atoms with Crippen LogP contribution >= 0.6 is 38.9 Å². The molecule has 1 N–H and O–H groups in total. The second-order valence-electron chi connectivity index (χ2n) is 2.05. The summed E-state index contributed by atoms with van der Waals surface area (Å²) in [5.41, 5.74) is 0. The van der Waals surface area contributed by atoms with Crippen molar-refractivity contribution in [2.45, 2.75) is 12.5 Å². The van der Waals surface area contributed by atoms with Crippen molar-refractivity contribution in [3.63, 3.8) is 0 Å². The molecule has 1 atom stereocenters. The van der Waals surface area contributed by atoms with Crippen LogP contribution in [0.4, 0.5) is 8.78 Å². The van der Waals surface area contributed by atoms with Gasteiger partial charge >= 0.3 is 0 Å². The lowest BCUT2D eigenvalue weighted by Crippen LogP contribution is -2.05. The van der Waals surface area contributed by atoms with Crippen molar-refractivity contribution >= 4 is 38.9 Å². The Bertz CT molecular complexity index is 259. The molecule has 1 heterocycles. The summed E-state index contributed by atoms with van der Waals surface area (Å²) in [6.45, 7) is 0. The van der Waals surface area contributed by atoms with Crippen molar-refractivity contribution in [2.75, 3.05) is 0 Å². The van der Waals surface area contributed by atoms with E-state index >= 15 is 0 Å². The average Bonchev–Trinajstić information content (AvgIpc) is 2.30. The molecule has 0 aromatic carbocycles. The van der Waals surface area contributed by atoms with Gasteiger partial charge in [-0.2, -0.15) is 0 Å². The van der Waals surface area contributed by atoms with Gasteiger partial charge in [0.2, 0.25) is 0 Å². The molecule has 0 aliphatic rings. The third kappa shape index (κ3) is 2.16. The lowest BCUT2D eigenvalue weighted by atomic mass is 10.3. The Labute approximate surface area is 85.1 Å². The molecule has 1 nitrogen and oxygen atoms in total. The summed E-state index contributed by atoms with van der Waals surface area (Å²) in [5.74, 6) is 0. The summed E-state index contributed by atoms with van der Waals surface area (Å²) in [7, 11) is 0. The van der Waals surface area contributed by atoms with Gasteiger partial charge in [-0.15, -0.1) is 11.3 Å². The maximum absolute atomic E-state index is 12.0. The molecule has 1 rings (SSSR count). The van der Waals surface area contributed by atoms with Crippen LogP contribution in [0.5, 0.6) is 0 Å². The average molecular weight is 278 g/mol. The first-order valence-corrected chi connectivity index (χ1v) is 4.92. The van der Waals surface area contributed by atoms with Crippen LogP contribution in [0.15, 0.2) is 10.5 Å². The molecule has 0 saturated heterocycles. The first-order valence-electron chi connectivity index (χ1n) is 2.93. The standard InChI is InChI=1S/C6H4BrClF2OS/c7-2-1-3(12-5(2)8)4(11)6(9)10/h1,4,6,11H. The molecule has 68 valence electrons. The molecule has 0 spiro atoms.